The number of pyridine rings is 1. The lowest BCUT2D eigenvalue weighted by Gasteiger charge is -2.34. The number of imidazole rings is 1. The first-order chi connectivity index (χ1) is 13.4. The van der Waals surface area contributed by atoms with E-state index in [0.717, 1.165) is 81.0 Å². The lowest BCUT2D eigenvalue weighted by atomic mass is 10.2. The van der Waals surface area contributed by atoms with Crippen LogP contribution in [0.5, 0.6) is 0 Å². The smallest absolute Gasteiger partial charge is 0.173 e. The maximum absolute atomic E-state index is 5.54. The van der Waals surface area contributed by atoms with Crippen molar-refractivity contribution in [1.82, 2.24) is 19.6 Å². The van der Waals surface area contributed by atoms with Gasteiger partial charge in [0.2, 0.25) is 0 Å². The van der Waals surface area contributed by atoms with Gasteiger partial charge in [-0.25, -0.2) is 9.50 Å². The monoisotopic (exact) mass is 366 g/mol. The molecule has 2 saturated heterocycles. The highest BCUT2D eigenvalue weighted by molar-refractivity contribution is 5.73. The Kier molecular flexibility index (Phi) is 4.35. The van der Waals surface area contributed by atoms with Crippen LogP contribution in [0.3, 0.4) is 0 Å². The molecule has 0 aliphatic carbocycles. The number of fused-ring (bicyclic) bond motifs is 1. The van der Waals surface area contributed by atoms with Gasteiger partial charge in [-0.3, -0.25) is 4.98 Å². The van der Waals surface area contributed by atoms with Gasteiger partial charge in [0.15, 0.2) is 11.5 Å². The fraction of sp³-hybridized carbons (Fsp3) is 0.421. The van der Waals surface area contributed by atoms with Gasteiger partial charge in [0.05, 0.1) is 44.0 Å². The average molecular weight is 366 g/mol. The highest BCUT2D eigenvalue weighted by Crippen LogP contribution is 2.31. The Bertz CT molecular complexity index is 917. The molecule has 5 rings (SSSR count). The van der Waals surface area contributed by atoms with Gasteiger partial charge in [0, 0.05) is 50.2 Å². The van der Waals surface area contributed by atoms with Crippen molar-refractivity contribution in [1.29, 1.82) is 0 Å². The zero-order valence-corrected chi connectivity index (χ0v) is 15.1. The van der Waals surface area contributed by atoms with Crippen molar-refractivity contribution in [3.05, 3.63) is 36.8 Å². The molecule has 8 heteroatoms. The summed E-state index contributed by atoms with van der Waals surface area (Å²) in [5, 5.41) is 5.03. The molecule has 8 nitrogen and oxygen atoms in total. The predicted octanol–water partition coefficient (Wildman–Crippen LogP) is 1.46. The molecule has 0 saturated carbocycles. The van der Waals surface area contributed by atoms with Gasteiger partial charge < -0.3 is 19.3 Å². The van der Waals surface area contributed by atoms with E-state index < -0.39 is 0 Å². The molecule has 0 unspecified atom stereocenters. The summed E-state index contributed by atoms with van der Waals surface area (Å²) >= 11 is 0. The summed E-state index contributed by atoms with van der Waals surface area (Å²) in [7, 11) is 0. The summed E-state index contributed by atoms with van der Waals surface area (Å²) in [5.41, 5.74) is 3.99. The van der Waals surface area contributed by atoms with E-state index >= 15 is 0 Å². The molecular weight excluding hydrogens is 344 g/mol. The normalized spacial score (nSPS) is 18.2. The standard InChI is InChI=1S/C19H22N6O2/c1-3-20-4-2-15(1)17-14-21-18-13-16(23-5-9-26-10-6-23)19(22-25(17)18)24-7-11-27-12-8-24/h1-4,13-14H,5-12H2. The van der Waals surface area contributed by atoms with Crippen LogP contribution in [-0.4, -0.2) is 72.2 Å². The molecule has 2 aliphatic heterocycles. The first-order valence-corrected chi connectivity index (χ1v) is 9.35. The van der Waals surface area contributed by atoms with Crippen LogP contribution in [0.2, 0.25) is 0 Å². The predicted molar refractivity (Wildman–Crippen MR) is 102 cm³/mol. The first kappa shape index (κ1) is 16.5. The molecule has 0 amide bonds. The Morgan fingerprint density at radius 1 is 0.852 bits per heavy atom. The number of hydrogen-bond donors (Lipinski definition) is 0. The number of ether oxygens (including phenoxy) is 2. The summed E-state index contributed by atoms with van der Waals surface area (Å²) in [6, 6.07) is 6.11. The van der Waals surface area contributed by atoms with Gasteiger partial charge in [-0.15, -0.1) is 5.10 Å². The van der Waals surface area contributed by atoms with Crippen molar-refractivity contribution in [3.8, 4) is 11.3 Å². The summed E-state index contributed by atoms with van der Waals surface area (Å²) < 4.78 is 13.0. The largest absolute Gasteiger partial charge is 0.378 e. The van der Waals surface area contributed by atoms with E-state index in [-0.39, 0.29) is 0 Å². The quantitative estimate of drug-likeness (QED) is 0.695. The number of hydrogen-bond acceptors (Lipinski definition) is 7. The van der Waals surface area contributed by atoms with E-state index in [9.17, 15) is 0 Å². The topological polar surface area (TPSA) is 68.0 Å². The molecule has 0 N–H and O–H groups in total. The van der Waals surface area contributed by atoms with E-state index in [1.165, 1.54) is 0 Å². The second kappa shape index (κ2) is 7.13. The SMILES string of the molecule is c1cc(-c2cnc3cc(N4CCOCC4)c(N4CCOCC4)nn23)ccn1. The molecule has 5 heterocycles. The summed E-state index contributed by atoms with van der Waals surface area (Å²) in [6.07, 6.45) is 5.46. The molecule has 0 atom stereocenters. The molecule has 27 heavy (non-hydrogen) atoms. The van der Waals surface area contributed by atoms with Crippen molar-refractivity contribution in [2.45, 2.75) is 0 Å². The molecule has 3 aromatic heterocycles. The van der Waals surface area contributed by atoms with Crippen molar-refractivity contribution in [2.24, 2.45) is 0 Å². The van der Waals surface area contributed by atoms with Gasteiger partial charge in [-0.05, 0) is 12.1 Å². The minimum Gasteiger partial charge on any atom is -0.378 e. The Morgan fingerprint density at radius 2 is 1.52 bits per heavy atom. The maximum atomic E-state index is 5.54. The second-order valence-electron chi connectivity index (χ2n) is 6.70. The second-order valence-corrected chi connectivity index (χ2v) is 6.70. The number of rotatable bonds is 3. The number of anilines is 2. The summed E-state index contributed by atoms with van der Waals surface area (Å²) in [4.78, 5) is 13.4. The summed E-state index contributed by atoms with van der Waals surface area (Å²) in [5.74, 6) is 0.987. The van der Waals surface area contributed by atoms with E-state index in [2.05, 4.69) is 25.8 Å². The van der Waals surface area contributed by atoms with E-state index in [1.54, 1.807) is 12.4 Å². The molecule has 3 aromatic rings. The van der Waals surface area contributed by atoms with Crippen LogP contribution in [0, 0.1) is 0 Å². The Labute approximate surface area is 157 Å². The molecule has 2 fully saturated rings. The fourth-order valence-electron chi connectivity index (χ4n) is 3.65. The first-order valence-electron chi connectivity index (χ1n) is 9.35. The lowest BCUT2D eigenvalue weighted by molar-refractivity contribution is 0.120. The van der Waals surface area contributed by atoms with E-state index in [4.69, 9.17) is 14.6 Å². The molecule has 0 bridgehead atoms. The Morgan fingerprint density at radius 3 is 2.22 bits per heavy atom. The molecular formula is C19H22N6O2. The highest BCUT2D eigenvalue weighted by Gasteiger charge is 2.24. The van der Waals surface area contributed by atoms with Crippen molar-refractivity contribution in [3.63, 3.8) is 0 Å². The van der Waals surface area contributed by atoms with Gasteiger partial charge in [-0.2, -0.15) is 0 Å². The zero-order chi connectivity index (χ0) is 18.1. The highest BCUT2D eigenvalue weighted by atomic mass is 16.5. The van der Waals surface area contributed by atoms with Crippen LogP contribution in [0.15, 0.2) is 36.8 Å². The van der Waals surface area contributed by atoms with Crippen LogP contribution in [-0.2, 0) is 9.47 Å². The van der Waals surface area contributed by atoms with Crippen molar-refractivity contribution >= 4 is 17.2 Å². The van der Waals surface area contributed by atoms with Gasteiger partial charge in [0.1, 0.15) is 0 Å². The van der Waals surface area contributed by atoms with Crippen LogP contribution < -0.4 is 9.80 Å². The van der Waals surface area contributed by atoms with E-state index in [0.29, 0.717) is 0 Å². The van der Waals surface area contributed by atoms with Crippen LogP contribution in [0.1, 0.15) is 0 Å². The van der Waals surface area contributed by atoms with Crippen molar-refractivity contribution < 1.29 is 9.47 Å². The van der Waals surface area contributed by atoms with Crippen LogP contribution in [0.25, 0.3) is 16.9 Å². The minimum absolute atomic E-state index is 0.726. The molecule has 0 aromatic carbocycles. The third-order valence-electron chi connectivity index (χ3n) is 5.09. The Hall–Kier alpha value is -2.71. The van der Waals surface area contributed by atoms with Crippen LogP contribution >= 0.6 is 0 Å². The molecule has 2 aliphatic rings. The average Bonchev–Trinajstić information content (AvgIpc) is 3.18. The van der Waals surface area contributed by atoms with Gasteiger partial charge in [-0.1, -0.05) is 0 Å². The van der Waals surface area contributed by atoms with E-state index in [1.807, 2.05) is 22.8 Å². The molecule has 0 radical (unpaired) electrons. The number of morpholine rings is 2. The third kappa shape index (κ3) is 3.11. The minimum atomic E-state index is 0.726. The Balaban J connectivity index is 1.64. The van der Waals surface area contributed by atoms with Gasteiger partial charge >= 0.3 is 0 Å². The number of aromatic nitrogens is 4. The van der Waals surface area contributed by atoms with Gasteiger partial charge in [0.25, 0.3) is 0 Å². The molecule has 0 spiro atoms. The fourth-order valence-corrected chi connectivity index (χ4v) is 3.65. The maximum Gasteiger partial charge on any atom is 0.173 e. The zero-order valence-electron chi connectivity index (χ0n) is 15.1. The molecule has 140 valence electrons. The number of nitrogens with zero attached hydrogens (tertiary/aromatic N) is 6. The lowest BCUT2D eigenvalue weighted by Crippen LogP contribution is -2.41. The third-order valence-corrected chi connectivity index (χ3v) is 5.09. The summed E-state index contributed by atoms with van der Waals surface area (Å²) in [6.45, 7) is 6.35. The van der Waals surface area contributed by atoms with Crippen molar-refractivity contribution in [2.75, 3.05) is 62.4 Å². The van der Waals surface area contributed by atoms with Crippen LogP contribution in [0.4, 0.5) is 11.5 Å².